The largest absolute Gasteiger partial charge is 0.504 e. The van der Waals surface area contributed by atoms with Gasteiger partial charge in [-0.2, -0.15) is 0 Å². The Balaban J connectivity index is 2.02. The van der Waals surface area contributed by atoms with Gasteiger partial charge >= 0.3 is 5.97 Å². The molecule has 0 aromatic heterocycles. The van der Waals surface area contributed by atoms with E-state index in [2.05, 4.69) is 0 Å². The van der Waals surface area contributed by atoms with Crippen LogP contribution in [0.15, 0.2) is 42.5 Å². The van der Waals surface area contributed by atoms with E-state index in [1.54, 1.807) is 0 Å². The number of carbonyl (C=O) groups is 1. The lowest BCUT2D eigenvalue weighted by atomic mass is 10.2. The normalized spacial score (nSPS) is 10.0. The summed E-state index contributed by atoms with van der Waals surface area (Å²) in [5, 5.41) is 20.0. The molecule has 0 fully saturated rings. The molecular formula is C15H13NO6. The number of carbonyl (C=O) groups excluding carboxylic acids is 1. The highest BCUT2D eigenvalue weighted by molar-refractivity contribution is 5.90. The highest BCUT2D eigenvalue weighted by Gasteiger charge is 2.12. The van der Waals surface area contributed by atoms with E-state index in [0.717, 1.165) is 0 Å². The molecule has 0 unspecified atom stereocenters. The Hall–Kier alpha value is -3.09. The van der Waals surface area contributed by atoms with Crippen LogP contribution in [0.1, 0.15) is 15.9 Å². The van der Waals surface area contributed by atoms with E-state index in [1.165, 1.54) is 49.6 Å². The fourth-order valence-corrected chi connectivity index (χ4v) is 1.75. The first-order chi connectivity index (χ1) is 10.5. The molecule has 0 aliphatic rings. The SMILES string of the molecule is COc1cc(C(=O)OCc2ccc([N+](=O)[O-])cc2)ccc1O. The summed E-state index contributed by atoms with van der Waals surface area (Å²) >= 11 is 0. The monoisotopic (exact) mass is 303 g/mol. The van der Waals surface area contributed by atoms with Crippen LogP contribution in [0.4, 0.5) is 5.69 Å². The maximum absolute atomic E-state index is 11.9. The molecule has 0 heterocycles. The Morgan fingerprint density at radius 3 is 2.50 bits per heavy atom. The molecule has 0 amide bonds. The van der Waals surface area contributed by atoms with E-state index in [9.17, 15) is 20.0 Å². The molecule has 114 valence electrons. The second-order valence-corrected chi connectivity index (χ2v) is 4.39. The number of nitro groups is 1. The summed E-state index contributed by atoms with van der Waals surface area (Å²) in [5.41, 5.74) is 0.833. The maximum atomic E-state index is 11.9. The van der Waals surface area contributed by atoms with Gasteiger partial charge < -0.3 is 14.6 Å². The predicted molar refractivity (Wildman–Crippen MR) is 76.9 cm³/mol. The Labute approximate surface area is 125 Å². The van der Waals surface area contributed by atoms with Crippen LogP contribution in [0.5, 0.6) is 11.5 Å². The summed E-state index contributed by atoms with van der Waals surface area (Å²) in [4.78, 5) is 21.9. The average Bonchev–Trinajstić information content (AvgIpc) is 2.53. The lowest BCUT2D eigenvalue weighted by Gasteiger charge is -2.07. The Morgan fingerprint density at radius 2 is 1.91 bits per heavy atom. The number of benzene rings is 2. The zero-order valence-electron chi connectivity index (χ0n) is 11.7. The molecule has 1 N–H and O–H groups in total. The second kappa shape index (κ2) is 6.57. The fraction of sp³-hybridized carbons (Fsp3) is 0.133. The molecule has 0 aliphatic carbocycles. The number of rotatable bonds is 5. The number of ether oxygens (including phenoxy) is 2. The number of hydrogen-bond donors (Lipinski definition) is 1. The number of phenols is 1. The van der Waals surface area contributed by atoms with Crippen molar-refractivity contribution in [3.63, 3.8) is 0 Å². The van der Waals surface area contributed by atoms with Gasteiger partial charge in [0.2, 0.25) is 0 Å². The molecule has 0 spiro atoms. The summed E-state index contributed by atoms with van der Waals surface area (Å²) in [5.74, 6) is -0.490. The lowest BCUT2D eigenvalue weighted by Crippen LogP contribution is -2.05. The Bertz CT molecular complexity index is 696. The van der Waals surface area contributed by atoms with Crippen molar-refractivity contribution in [3.8, 4) is 11.5 Å². The smallest absolute Gasteiger partial charge is 0.338 e. The number of nitrogens with zero attached hydrogens (tertiary/aromatic N) is 1. The van der Waals surface area contributed by atoms with Crippen molar-refractivity contribution >= 4 is 11.7 Å². The molecule has 7 heteroatoms. The van der Waals surface area contributed by atoms with Gasteiger partial charge in [0.1, 0.15) is 6.61 Å². The summed E-state index contributed by atoms with van der Waals surface area (Å²) in [6.07, 6.45) is 0. The number of esters is 1. The van der Waals surface area contributed by atoms with Crippen LogP contribution in [0, 0.1) is 10.1 Å². The van der Waals surface area contributed by atoms with Crippen LogP contribution in [-0.2, 0) is 11.3 Å². The third-order valence-corrected chi connectivity index (χ3v) is 2.93. The van der Waals surface area contributed by atoms with Crippen LogP contribution in [0.2, 0.25) is 0 Å². The van der Waals surface area contributed by atoms with Crippen molar-refractivity contribution < 1.29 is 24.3 Å². The standard InChI is InChI=1S/C15H13NO6/c1-21-14-8-11(4-7-13(14)17)15(18)22-9-10-2-5-12(6-3-10)16(19)20/h2-8,17H,9H2,1H3. The molecule has 0 aliphatic heterocycles. The minimum atomic E-state index is -0.586. The quantitative estimate of drug-likeness (QED) is 0.518. The molecule has 0 bridgehead atoms. The molecule has 0 atom stereocenters. The highest BCUT2D eigenvalue weighted by Crippen LogP contribution is 2.26. The first kappa shape index (κ1) is 15.3. The van der Waals surface area contributed by atoms with Crippen molar-refractivity contribution in [1.29, 1.82) is 0 Å². The molecule has 0 radical (unpaired) electrons. The van der Waals surface area contributed by atoms with Crippen molar-refractivity contribution in [3.05, 3.63) is 63.7 Å². The van der Waals surface area contributed by atoms with Crippen LogP contribution in [0.3, 0.4) is 0 Å². The number of nitro benzene ring substituents is 1. The molecule has 2 aromatic rings. The second-order valence-electron chi connectivity index (χ2n) is 4.39. The zero-order valence-corrected chi connectivity index (χ0v) is 11.7. The summed E-state index contributed by atoms with van der Waals surface area (Å²) in [7, 11) is 1.38. The van der Waals surface area contributed by atoms with Gasteiger partial charge in [-0.05, 0) is 35.9 Å². The number of hydrogen-bond acceptors (Lipinski definition) is 6. The van der Waals surface area contributed by atoms with Crippen LogP contribution in [0.25, 0.3) is 0 Å². The van der Waals surface area contributed by atoms with Crippen molar-refractivity contribution in [2.45, 2.75) is 6.61 Å². The average molecular weight is 303 g/mol. The minimum Gasteiger partial charge on any atom is -0.504 e. The molecule has 22 heavy (non-hydrogen) atoms. The van der Waals surface area contributed by atoms with Crippen molar-refractivity contribution in [1.82, 2.24) is 0 Å². The maximum Gasteiger partial charge on any atom is 0.338 e. The van der Waals surface area contributed by atoms with E-state index in [4.69, 9.17) is 9.47 Å². The third-order valence-electron chi connectivity index (χ3n) is 2.93. The number of aromatic hydroxyl groups is 1. The van der Waals surface area contributed by atoms with Crippen molar-refractivity contribution in [2.24, 2.45) is 0 Å². The molecule has 0 saturated carbocycles. The predicted octanol–water partition coefficient (Wildman–Crippen LogP) is 2.67. The topological polar surface area (TPSA) is 98.9 Å². The van der Waals surface area contributed by atoms with Gasteiger partial charge in [-0.1, -0.05) is 0 Å². The Morgan fingerprint density at radius 1 is 1.23 bits per heavy atom. The molecular weight excluding hydrogens is 290 g/mol. The van der Waals surface area contributed by atoms with Crippen LogP contribution < -0.4 is 4.74 Å². The molecule has 2 rings (SSSR count). The fourth-order valence-electron chi connectivity index (χ4n) is 1.75. The summed E-state index contributed by atoms with van der Waals surface area (Å²) in [6.45, 7) is -0.0139. The first-order valence-corrected chi connectivity index (χ1v) is 6.28. The van der Waals surface area contributed by atoms with E-state index in [0.29, 0.717) is 5.56 Å². The van der Waals surface area contributed by atoms with E-state index in [-0.39, 0.29) is 29.4 Å². The summed E-state index contributed by atoms with van der Waals surface area (Å²) < 4.78 is 10.0. The lowest BCUT2D eigenvalue weighted by molar-refractivity contribution is -0.384. The van der Waals surface area contributed by atoms with Gasteiger partial charge in [0, 0.05) is 12.1 Å². The van der Waals surface area contributed by atoms with E-state index in [1.807, 2.05) is 0 Å². The Kier molecular flexibility index (Phi) is 4.57. The van der Waals surface area contributed by atoms with E-state index < -0.39 is 10.9 Å². The highest BCUT2D eigenvalue weighted by atomic mass is 16.6. The third kappa shape index (κ3) is 3.51. The van der Waals surface area contributed by atoms with Crippen LogP contribution in [-0.4, -0.2) is 23.1 Å². The number of methoxy groups -OCH3 is 1. The van der Waals surface area contributed by atoms with Gasteiger partial charge in [0.25, 0.3) is 5.69 Å². The minimum absolute atomic E-state index is 0.0139. The number of non-ortho nitro benzene ring substituents is 1. The number of phenolic OH excluding ortho intramolecular Hbond substituents is 1. The zero-order chi connectivity index (χ0) is 16.1. The van der Waals surface area contributed by atoms with E-state index >= 15 is 0 Å². The van der Waals surface area contributed by atoms with Gasteiger partial charge in [-0.3, -0.25) is 10.1 Å². The van der Waals surface area contributed by atoms with Gasteiger partial charge in [0.05, 0.1) is 17.6 Å². The molecule has 7 nitrogen and oxygen atoms in total. The summed E-state index contributed by atoms with van der Waals surface area (Å²) in [6, 6.07) is 9.83. The van der Waals surface area contributed by atoms with Crippen LogP contribution >= 0.6 is 0 Å². The van der Waals surface area contributed by atoms with Gasteiger partial charge in [0.15, 0.2) is 11.5 Å². The van der Waals surface area contributed by atoms with Gasteiger partial charge in [-0.15, -0.1) is 0 Å². The molecule has 2 aromatic carbocycles. The molecule has 0 saturated heterocycles. The first-order valence-electron chi connectivity index (χ1n) is 6.28. The van der Waals surface area contributed by atoms with Gasteiger partial charge in [-0.25, -0.2) is 4.79 Å². The van der Waals surface area contributed by atoms with Crippen molar-refractivity contribution in [2.75, 3.05) is 7.11 Å².